The minimum absolute atomic E-state index is 0.114. The molecule has 1 aliphatic carbocycles. The summed E-state index contributed by atoms with van der Waals surface area (Å²) >= 11 is 0. The molecule has 0 unspecified atom stereocenters. The van der Waals surface area contributed by atoms with E-state index in [0.29, 0.717) is 17.7 Å². The summed E-state index contributed by atoms with van der Waals surface area (Å²) in [7, 11) is -3.59. The van der Waals surface area contributed by atoms with Crippen molar-refractivity contribution >= 4 is 15.9 Å². The highest BCUT2D eigenvalue weighted by Crippen LogP contribution is 2.30. The average Bonchev–Trinajstić information content (AvgIpc) is 3.29. The van der Waals surface area contributed by atoms with Crippen LogP contribution in [0.3, 0.4) is 0 Å². The third-order valence-electron chi connectivity index (χ3n) is 6.38. The second-order valence-corrected chi connectivity index (χ2v) is 10.6. The van der Waals surface area contributed by atoms with Gasteiger partial charge in [0.05, 0.1) is 17.0 Å². The molecule has 0 aromatic heterocycles. The number of alkyl halides is 3. The summed E-state index contributed by atoms with van der Waals surface area (Å²) in [5, 5.41) is 2.76. The molecule has 2 aliphatic rings. The number of sulfonamides is 1. The summed E-state index contributed by atoms with van der Waals surface area (Å²) in [6.45, 7) is 0.870. The van der Waals surface area contributed by atoms with E-state index in [0.717, 1.165) is 37.0 Å². The monoisotopic (exact) mass is 496 g/mol. The quantitative estimate of drug-likeness (QED) is 0.592. The van der Waals surface area contributed by atoms with Crippen molar-refractivity contribution in [3.63, 3.8) is 0 Å². The molecule has 0 bridgehead atoms. The van der Waals surface area contributed by atoms with Gasteiger partial charge >= 0.3 is 6.18 Å². The lowest BCUT2D eigenvalue weighted by atomic mass is 9.97. The summed E-state index contributed by atoms with van der Waals surface area (Å²) < 4.78 is 70.7. The highest BCUT2D eigenvalue weighted by molar-refractivity contribution is 7.89. The van der Waals surface area contributed by atoms with Gasteiger partial charge in [0.1, 0.15) is 12.4 Å². The summed E-state index contributed by atoms with van der Waals surface area (Å²) in [5.74, 6) is -0.185. The Balaban J connectivity index is 1.21. The fourth-order valence-corrected chi connectivity index (χ4v) is 5.96. The first-order chi connectivity index (χ1) is 16.1. The highest BCUT2D eigenvalue weighted by atomic mass is 32.2. The van der Waals surface area contributed by atoms with Gasteiger partial charge in [-0.3, -0.25) is 4.79 Å². The van der Waals surface area contributed by atoms with Gasteiger partial charge in [-0.25, -0.2) is 8.42 Å². The average molecular weight is 497 g/mol. The van der Waals surface area contributed by atoms with Gasteiger partial charge in [0.15, 0.2) is 0 Å². The Labute approximate surface area is 197 Å². The number of hydrogen-bond donors (Lipinski definition) is 1. The molecule has 1 heterocycles. The number of fused-ring (bicyclic) bond motifs is 1. The van der Waals surface area contributed by atoms with Crippen LogP contribution in [0.25, 0.3) is 0 Å². The van der Waals surface area contributed by atoms with Crippen molar-refractivity contribution in [2.45, 2.75) is 43.2 Å². The number of carbonyl (C=O) groups is 1. The Kier molecular flexibility index (Phi) is 7.18. The molecule has 2 aromatic carbocycles. The second-order valence-electron chi connectivity index (χ2n) is 8.62. The maximum Gasteiger partial charge on any atom is 0.416 e. The van der Waals surface area contributed by atoms with E-state index in [1.54, 1.807) is 12.1 Å². The number of carbonyl (C=O) groups excluding carboxylic acids is 1. The van der Waals surface area contributed by atoms with Crippen molar-refractivity contribution in [1.82, 2.24) is 9.62 Å². The fraction of sp³-hybridized carbons (Fsp3) is 0.458. The van der Waals surface area contributed by atoms with Gasteiger partial charge in [-0.1, -0.05) is 6.07 Å². The number of aryl methyl sites for hydroxylation is 2. The van der Waals surface area contributed by atoms with Crippen LogP contribution in [0.5, 0.6) is 5.75 Å². The molecule has 0 spiro atoms. The number of nitrogens with zero attached hydrogens (tertiary/aromatic N) is 1. The number of ether oxygens (including phenoxy) is 1. The molecule has 1 amide bonds. The molecule has 10 heteroatoms. The van der Waals surface area contributed by atoms with Crippen molar-refractivity contribution in [1.29, 1.82) is 0 Å². The maximum atomic E-state index is 13.0. The molecule has 1 aliphatic heterocycles. The van der Waals surface area contributed by atoms with E-state index in [4.69, 9.17) is 4.74 Å². The maximum absolute atomic E-state index is 13.0. The van der Waals surface area contributed by atoms with Crippen LogP contribution >= 0.6 is 0 Å². The van der Waals surface area contributed by atoms with Crippen LogP contribution in [0, 0.1) is 5.92 Å². The normalized spacial score (nSPS) is 17.4. The van der Waals surface area contributed by atoms with Gasteiger partial charge in [-0.15, -0.1) is 0 Å². The van der Waals surface area contributed by atoms with Crippen molar-refractivity contribution in [3.05, 3.63) is 59.2 Å². The Morgan fingerprint density at radius 2 is 1.71 bits per heavy atom. The molecule has 0 saturated carbocycles. The van der Waals surface area contributed by atoms with E-state index < -0.39 is 21.8 Å². The highest BCUT2D eigenvalue weighted by Gasteiger charge is 2.33. The standard InChI is InChI=1S/C24H27F3N2O4S/c25-24(26,27)20-5-7-21(8-6-20)33-15-12-28-23(30)18-10-13-29(14-11-18)34(31,32)22-9-4-17-2-1-3-19(17)16-22/h4-9,16,18H,1-3,10-15H2,(H,28,30). The second kappa shape index (κ2) is 9.95. The SMILES string of the molecule is O=C(NCCOc1ccc(C(F)(F)F)cc1)C1CCN(S(=O)(=O)c2ccc3c(c2)CCC3)CC1. The zero-order valence-electron chi connectivity index (χ0n) is 18.6. The summed E-state index contributed by atoms with van der Waals surface area (Å²) in [5.41, 5.74) is 1.57. The van der Waals surface area contributed by atoms with Crippen LogP contribution in [-0.2, 0) is 33.8 Å². The number of halogens is 3. The van der Waals surface area contributed by atoms with Crippen LogP contribution in [0.15, 0.2) is 47.4 Å². The number of piperidine rings is 1. The third kappa shape index (κ3) is 5.55. The third-order valence-corrected chi connectivity index (χ3v) is 8.28. The molecule has 0 radical (unpaired) electrons. The van der Waals surface area contributed by atoms with Crippen molar-refractivity contribution in [2.75, 3.05) is 26.2 Å². The molecular weight excluding hydrogens is 469 g/mol. The Bertz CT molecular complexity index is 1130. The number of hydrogen-bond acceptors (Lipinski definition) is 4. The van der Waals surface area contributed by atoms with Crippen LogP contribution in [0.2, 0.25) is 0 Å². The van der Waals surface area contributed by atoms with E-state index in [1.807, 2.05) is 6.07 Å². The van der Waals surface area contributed by atoms with E-state index in [2.05, 4.69) is 5.32 Å². The van der Waals surface area contributed by atoms with Gasteiger partial charge in [-0.2, -0.15) is 17.5 Å². The molecule has 1 fully saturated rings. The first kappa shape index (κ1) is 24.5. The molecule has 184 valence electrons. The zero-order valence-corrected chi connectivity index (χ0v) is 19.4. The molecule has 4 rings (SSSR count). The topological polar surface area (TPSA) is 75.7 Å². The Morgan fingerprint density at radius 1 is 1.03 bits per heavy atom. The number of rotatable bonds is 7. The molecule has 1 N–H and O–H groups in total. The van der Waals surface area contributed by atoms with Gasteiger partial charge in [0.2, 0.25) is 15.9 Å². The minimum Gasteiger partial charge on any atom is -0.492 e. The number of nitrogens with one attached hydrogen (secondary N) is 1. The molecule has 6 nitrogen and oxygen atoms in total. The van der Waals surface area contributed by atoms with Crippen molar-refractivity contribution < 1.29 is 31.1 Å². The van der Waals surface area contributed by atoms with E-state index in [-0.39, 0.29) is 43.8 Å². The molecule has 2 aromatic rings. The molecule has 1 saturated heterocycles. The van der Waals surface area contributed by atoms with E-state index >= 15 is 0 Å². The fourth-order valence-electron chi connectivity index (χ4n) is 4.44. The number of amides is 1. The summed E-state index contributed by atoms with van der Waals surface area (Å²) in [6, 6.07) is 9.73. The van der Waals surface area contributed by atoms with Crippen molar-refractivity contribution in [2.24, 2.45) is 5.92 Å². The largest absolute Gasteiger partial charge is 0.492 e. The Hall–Kier alpha value is -2.59. The summed E-state index contributed by atoms with van der Waals surface area (Å²) in [6.07, 6.45) is -0.599. The van der Waals surface area contributed by atoms with Gasteiger partial charge in [-0.05, 0) is 79.6 Å². The van der Waals surface area contributed by atoms with E-state index in [1.165, 1.54) is 22.0 Å². The van der Waals surface area contributed by atoms with Gasteiger partial charge < -0.3 is 10.1 Å². The van der Waals surface area contributed by atoms with Crippen LogP contribution in [-0.4, -0.2) is 44.9 Å². The molecular formula is C24H27F3N2O4S. The van der Waals surface area contributed by atoms with Crippen LogP contribution in [0.4, 0.5) is 13.2 Å². The first-order valence-corrected chi connectivity index (χ1v) is 12.8. The lowest BCUT2D eigenvalue weighted by Gasteiger charge is -2.30. The predicted octanol–water partition coefficient (Wildman–Crippen LogP) is 3.79. The van der Waals surface area contributed by atoms with Crippen molar-refractivity contribution in [3.8, 4) is 5.75 Å². The zero-order chi connectivity index (χ0) is 24.3. The van der Waals surface area contributed by atoms with Crippen LogP contribution in [0.1, 0.15) is 36.0 Å². The lowest BCUT2D eigenvalue weighted by molar-refractivity contribution is -0.137. The molecule has 0 atom stereocenters. The van der Waals surface area contributed by atoms with Crippen LogP contribution < -0.4 is 10.1 Å². The molecule has 34 heavy (non-hydrogen) atoms. The smallest absolute Gasteiger partial charge is 0.416 e. The number of benzene rings is 2. The van der Waals surface area contributed by atoms with Gasteiger partial charge in [0.25, 0.3) is 0 Å². The minimum atomic E-state index is -4.40. The predicted molar refractivity (Wildman–Crippen MR) is 120 cm³/mol. The summed E-state index contributed by atoms with van der Waals surface area (Å²) in [4.78, 5) is 12.8. The first-order valence-electron chi connectivity index (χ1n) is 11.3. The van der Waals surface area contributed by atoms with E-state index in [9.17, 15) is 26.4 Å². The Morgan fingerprint density at radius 3 is 2.38 bits per heavy atom. The van der Waals surface area contributed by atoms with Gasteiger partial charge in [0, 0.05) is 19.0 Å². The lowest BCUT2D eigenvalue weighted by Crippen LogP contribution is -2.43.